The predicted molar refractivity (Wildman–Crippen MR) is 125 cm³/mol. The first-order valence-electron chi connectivity index (χ1n) is 10.2. The zero-order chi connectivity index (χ0) is 24.2. The molecule has 0 radical (unpaired) electrons. The zero-order valence-electron chi connectivity index (χ0n) is 18.7. The number of non-ortho nitro benzene ring substituents is 1. The highest BCUT2D eigenvalue weighted by Gasteiger charge is 2.24. The van der Waals surface area contributed by atoms with Crippen LogP contribution in [-0.4, -0.2) is 42.1 Å². The van der Waals surface area contributed by atoms with Gasteiger partial charge in [0.2, 0.25) is 5.75 Å². The van der Waals surface area contributed by atoms with E-state index in [4.69, 9.17) is 14.2 Å². The van der Waals surface area contributed by atoms with E-state index >= 15 is 0 Å². The van der Waals surface area contributed by atoms with Gasteiger partial charge in [0.15, 0.2) is 11.5 Å². The second-order valence-corrected chi connectivity index (χ2v) is 7.31. The number of hydrogen-bond donors (Lipinski definition) is 2. The van der Waals surface area contributed by atoms with E-state index in [9.17, 15) is 14.9 Å². The Balaban J connectivity index is 1.74. The SMILES string of the molecule is COc1cc(C(=O)NC(c2ccccc2)c2nc3ccc([N+](=O)[O-])cc3[nH]2)cc(OC)c1OC. The fourth-order valence-corrected chi connectivity index (χ4v) is 3.65. The Morgan fingerprint density at radius 2 is 1.68 bits per heavy atom. The number of amides is 1. The molecule has 1 unspecified atom stereocenters. The van der Waals surface area contributed by atoms with Crippen LogP contribution in [0.15, 0.2) is 60.7 Å². The summed E-state index contributed by atoms with van der Waals surface area (Å²) >= 11 is 0. The molecular formula is C24H22N4O6. The Kier molecular flexibility index (Phi) is 6.30. The monoisotopic (exact) mass is 462 g/mol. The number of methoxy groups -OCH3 is 3. The summed E-state index contributed by atoms with van der Waals surface area (Å²) in [5, 5.41) is 14.1. The number of H-pyrrole nitrogens is 1. The number of nitro groups is 1. The van der Waals surface area contributed by atoms with Gasteiger partial charge in [-0.05, 0) is 23.8 Å². The van der Waals surface area contributed by atoms with Crippen LogP contribution in [0.5, 0.6) is 17.2 Å². The van der Waals surface area contributed by atoms with Gasteiger partial charge >= 0.3 is 0 Å². The molecule has 3 aromatic carbocycles. The lowest BCUT2D eigenvalue weighted by atomic mass is 10.1. The molecule has 0 spiro atoms. The summed E-state index contributed by atoms with van der Waals surface area (Å²) in [4.78, 5) is 31.7. The molecule has 1 amide bonds. The molecule has 0 aliphatic heterocycles. The number of rotatable bonds is 8. The maximum Gasteiger partial charge on any atom is 0.271 e. The first-order chi connectivity index (χ1) is 16.4. The number of nitrogens with one attached hydrogen (secondary N) is 2. The zero-order valence-corrected chi connectivity index (χ0v) is 18.7. The second kappa shape index (κ2) is 9.49. The minimum atomic E-state index is -0.653. The van der Waals surface area contributed by atoms with Gasteiger partial charge in [-0.15, -0.1) is 0 Å². The first-order valence-corrected chi connectivity index (χ1v) is 10.2. The summed E-state index contributed by atoms with van der Waals surface area (Å²) in [6, 6.07) is 16.1. The number of aromatic amines is 1. The fourth-order valence-electron chi connectivity index (χ4n) is 3.65. The van der Waals surface area contributed by atoms with Gasteiger partial charge in [-0.1, -0.05) is 30.3 Å². The number of ether oxygens (including phenoxy) is 3. The first kappa shape index (κ1) is 22.6. The molecule has 0 fully saturated rings. The van der Waals surface area contributed by atoms with Crippen LogP contribution in [0.3, 0.4) is 0 Å². The Morgan fingerprint density at radius 1 is 1.00 bits per heavy atom. The van der Waals surface area contributed by atoms with Crippen molar-refractivity contribution in [2.75, 3.05) is 21.3 Å². The smallest absolute Gasteiger partial charge is 0.271 e. The van der Waals surface area contributed by atoms with Crippen molar-refractivity contribution in [2.45, 2.75) is 6.04 Å². The molecule has 1 aromatic heterocycles. The summed E-state index contributed by atoms with van der Waals surface area (Å²) in [5.74, 6) is 1.10. The van der Waals surface area contributed by atoms with Gasteiger partial charge in [0.05, 0.1) is 37.3 Å². The summed E-state index contributed by atoms with van der Waals surface area (Å²) < 4.78 is 16.0. The van der Waals surface area contributed by atoms with Gasteiger partial charge in [0.1, 0.15) is 11.9 Å². The number of carbonyl (C=O) groups excluding carboxylic acids is 1. The number of nitrogens with zero attached hydrogens (tertiary/aromatic N) is 2. The Hall–Kier alpha value is -4.60. The summed E-state index contributed by atoms with van der Waals surface area (Å²) in [7, 11) is 4.43. The third-order valence-electron chi connectivity index (χ3n) is 5.30. The molecule has 10 heteroatoms. The van der Waals surface area contributed by atoms with Gasteiger partial charge < -0.3 is 24.5 Å². The van der Waals surface area contributed by atoms with E-state index in [-0.39, 0.29) is 5.69 Å². The van der Waals surface area contributed by atoms with Crippen molar-refractivity contribution in [3.05, 3.63) is 87.7 Å². The van der Waals surface area contributed by atoms with Gasteiger partial charge in [-0.2, -0.15) is 0 Å². The van der Waals surface area contributed by atoms with Crippen LogP contribution in [0.2, 0.25) is 0 Å². The normalized spacial score (nSPS) is 11.6. The molecule has 0 saturated carbocycles. The molecule has 0 aliphatic rings. The van der Waals surface area contributed by atoms with Crippen molar-refractivity contribution in [3.8, 4) is 17.2 Å². The lowest BCUT2D eigenvalue weighted by Crippen LogP contribution is -2.30. The molecule has 1 atom stereocenters. The van der Waals surface area contributed by atoms with Gasteiger partial charge in [0, 0.05) is 17.7 Å². The van der Waals surface area contributed by atoms with E-state index in [1.807, 2.05) is 30.3 Å². The topological polar surface area (TPSA) is 129 Å². The average Bonchev–Trinajstić information content (AvgIpc) is 3.29. The van der Waals surface area contributed by atoms with Crippen LogP contribution >= 0.6 is 0 Å². The van der Waals surface area contributed by atoms with Crippen LogP contribution in [0, 0.1) is 10.1 Å². The van der Waals surface area contributed by atoms with Crippen molar-refractivity contribution in [1.29, 1.82) is 0 Å². The average molecular weight is 462 g/mol. The predicted octanol–water partition coefficient (Wildman–Crippen LogP) is 4.02. The molecule has 10 nitrogen and oxygen atoms in total. The van der Waals surface area contributed by atoms with Gasteiger partial charge in [-0.25, -0.2) is 4.98 Å². The minimum absolute atomic E-state index is 0.0552. The quantitative estimate of drug-likeness (QED) is 0.299. The molecule has 4 aromatic rings. The number of imidazole rings is 1. The Bertz CT molecular complexity index is 1330. The van der Waals surface area contributed by atoms with E-state index in [2.05, 4.69) is 15.3 Å². The largest absolute Gasteiger partial charge is 0.493 e. The summed E-state index contributed by atoms with van der Waals surface area (Å²) in [6.45, 7) is 0. The number of carbonyl (C=O) groups is 1. The molecule has 4 rings (SSSR count). The molecule has 0 aliphatic carbocycles. The van der Waals surface area contributed by atoms with Crippen molar-refractivity contribution in [3.63, 3.8) is 0 Å². The van der Waals surface area contributed by atoms with Crippen molar-refractivity contribution < 1.29 is 23.9 Å². The highest BCUT2D eigenvalue weighted by Crippen LogP contribution is 2.38. The third-order valence-corrected chi connectivity index (χ3v) is 5.30. The van der Waals surface area contributed by atoms with Crippen molar-refractivity contribution >= 4 is 22.6 Å². The number of fused-ring (bicyclic) bond motifs is 1. The van der Waals surface area contributed by atoms with Gasteiger partial charge in [0.25, 0.3) is 11.6 Å². The van der Waals surface area contributed by atoms with E-state index in [1.165, 1.54) is 33.5 Å². The van der Waals surface area contributed by atoms with Crippen LogP contribution in [0.1, 0.15) is 27.8 Å². The van der Waals surface area contributed by atoms with Crippen LogP contribution in [-0.2, 0) is 0 Å². The van der Waals surface area contributed by atoms with E-state index in [0.717, 1.165) is 5.56 Å². The second-order valence-electron chi connectivity index (χ2n) is 7.31. The maximum atomic E-state index is 13.3. The standard InChI is InChI=1S/C24H22N4O6/c1-32-19-11-15(12-20(33-2)22(19)34-3)24(29)27-21(14-7-5-4-6-8-14)23-25-17-10-9-16(28(30)31)13-18(17)26-23/h4-13,21H,1-3H3,(H,25,26)(H,27,29). The molecule has 0 saturated heterocycles. The van der Waals surface area contributed by atoms with Gasteiger partial charge in [-0.3, -0.25) is 14.9 Å². The lowest BCUT2D eigenvalue weighted by molar-refractivity contribution is -0.384. The summed E-state index contributed by atoms with van der Waals surface area (Å²) in [5.41, 5.74) is 2.05. The molecular weight excluding hydrogens is 440 g/mol. The number of nitro benzene ring substituents is 1. The van der Waals surface area contributed by atoms with E-state index in [1.54, 1.807) is 18.2 Å². The number of benzene rings is 3. The highest BCUT2D eigenvalue weighted by atomic mass is 16.6. The van der Waals surface area contributed by atoms with Crippen molar-refractivity contribution in [2.24, 2.45) is 0 Å². The van der Waals surface area contributed by atoms with E-state index in [0.29, 0.717) is 39.7 Å². The number of aromatic nitrogens is 2. The molecule has 1 heterocycles. The molecule has 174 valence electrons. The molecule has 2 N–H and O–H groups in total. The highest BCUT2D eigenvalue weighted by molar-refractivity contribution is 5.96. The van der Waals surface area contributed by atoms with Crippen LogP contribution < -0.4 is 19.5 Å². The Labute approximate surface area is 194 Å². The summed E-state index contributed by atoms with van der Waals surface area (Å²) in [6.07, 6.45) is 0. The van der Waals surface area contributed by atoms with Crippen LogP contribution in [0.4, 0.5) is 5.69 Å². The van der Waals surface area contributed by atoms with E-state index < -0.39 is 16.9 Å². The van der Waals surface area contributed by atoms with Crippen molar-refractivity contribution in [1.82, 2.24) is 15.3 Å². The van der Waals surface area contributed by atoms with Crippen LogP contribution in [0.25, 0.3) is 11.0 Å². The maximum absolute atomic E-state index is 13.3. The minimum Gasteiger partial charge on any atom is -0.493 e. The Morgan fingerprint density at radius 3 is 2.26 bits per heavy atom. The molecule has 0 bridgehead atoms. The molecule has 34 heavy (non-hydrogen) atoms. The lowest BCUT2D eigenvalue weighted by Gasteiger charge is -2.19. The fraction of sp³-hybridized carbons (Fsp3) is 0.167. The number of hydrogen-bond acceptors (Lipinski definition) is 7. The third kappa shape index (κ3) is 4.33.